The highest BCUT2D eigenvalue weighted by Crippen LogP contribution is 2.15. The Hall–Kier alpha value is -2.82. The first kappa shape index (κ1) is 16.5. The van der Waals surface area contributed by atoms with Crippen molar-refractivity contribution in [1.82, 2.24) is 5.32 Å². The van der Waals surface area contributed by atoms with Gasteiger partial charge in [0.05, 0.1) is 11.3 Å². The Morgan fingerprint density at radius 1 is 1.00 bits per heavy atom. The fraction of sp³-hybridized carbons (Fsp3) is 0.222. The number of amides is 2. The SMILES string of the molecule is CCCNC(=O)c1ccccc1NC(=O)OCc1ccccc1. The van der Waals surface area contributed by atoms with E-state index in [1.165, 1.54) is 0 Å². The molecule has 0 aliphatic carbocycles. The molecule has 2 rings (SSSR count). The monoisotopic (exact) mass is 312 g/mol. The van der Waals surface area contributed by atoms with Gasteiger partial charge in [0.25, 0.3) is 5.91 Å². The Morgan fingerprint density at radius 2 is 1.70 bits per heavy atom. The zero-order chi connectivity index (χ0) is 16.5. The van der Waals surface area contributed by atoms with Gasteiger partial charge >= 0.3 is 6.09 Å². The number of nitrogens with one attached hydrogen (secondary N) is 2. The van der Waals surface area contributed by atoms with Crippen molar-refractivity contribution in [3.63, 3.8) is 0 Å². The Morgan fingerprint density at radius 3 is 2.43 bits per heavy atom. The second-order valence-electron chi connectivity index (χ2n) is 4.99. The molecule has 0 unspecified atom stereocenters. The van der Waals surface area contributed by atoms with E-state index in [2.05, 4.69) is 10.6 Å². The first-order valence-corrected chi connectivity index (χ1v) is 7.55. The summed E-state index contributed by atoms with van der Waals surface area (Å²) < 4.78 is 5.17. The fourth-order valence-electron chi connectivity index (χ4n) is 1.99. The molecule has 2 amide bonds. The number of carbonyl (C=O) groups excluding carboxylic acids is 2. The summed E-state index contributed by atoms with van der Waals surface area (Å²) in [6, 6.07) is 16.2. The Labute approximate surface area is 135 Å². The predicted octanol–water partition coefficient (Wildman–Crippen LogP) is 3.58. The van der Waals surface area contributed by atoms with Crippen LogP contribution in [-0.4, -0.2) is 18.5 Å². The van der Waals surface area contributed by atoms with Crippen LogP contribution >= 0.6 is 0 Å². The Balaban J connectivity index is 1.96. The lowest BCUT2D eigenvalue weighted by molar-refractivity contribution is 0.0954. The van der Waals surface area contributed by atoms with Gasteiger partial charge in [-0.3, -0.25) is 10.1 Å². The van der Waals surface area contributed by atoms with Gasteiger partial charge in [-0.2, -0.15) is 0 Å². The highest BCUT2D eigenvalue weighted by molar-refractivity contribution is 6.02. The third-order valence-corrected chi connectivity index (χ3v) is 3.16. The van der Waals surface area contributed by atoms with Crippen molar-refractivity contribution < 1.29 is 14.3 Å². The summed E-state index contributed by atoms with van der Waals surface area (Å²) in [5, 5.41) is 5.41. The fourth-order valence-corrected chi connectivity index (χ4v) is 1.99. The van der Waals surface area contributed by atoms with E-state index in [4.69, 9.17) is 4.74 Å². The number of rotatable bonds is 6. The van der Waals surface area contributed by atoms with E-state index in [1.807, 2.05) is 37.3 Å². The molecule has 0 radical (unpaired) electrons. The molecule has 0 spiro atoms. The van der Waals surface area contributed by atoms with Gasteiger partial charge < -0.3 is 10.1 Å². The van der Waals surface area contributed by atoms with E-state index >= 15 is 0 Å². The minimum absolute atomic E-state index is 0.177. The molecule has 0 saturated carbocycles. The number of ether oxygens (including phenoxy) is 1. The standard InChI is InChI=1S/C18H20N2O3/c1-2-12-19-17(21)15-10-6-7-11-16(15)20-18(22)23-13-14-8-4-3-5-9-14/h3-11H,2,12-13H2,1H3,(H,19,21)(H,20,22). The molecule has 120 valence electrons. The summed E-state index contributed by atoms with van der Waals surface area (Å²) in [6.07, 6.45) is 0.255. The van der Waals surface area contributed by atoms with Crippen molar-refractivity contribution in [2.24, 2.45) is 0 Å². The van der Waals surface area contributed by atoms with Crippen LogP contribution in [0.1, 0.15) is 29.3 Å². The van der Waals surface area contributed by atoms with Crippen LogP contribution in [-0.2, 0) is 11.3 Å². The van der Waals surface area contributed by atoms with Crippen molar-refractivity contribution in [2.45, 2.75) is 20.0 Å². The number of benzene rings is 2. The van der Waals surface area contributed by atoms with Crippen LogP contribution in [0.15, 0.2) is 54.6 Å². The third-order valence-electron chi connectivity index (χ3n) is 3.16. The first-order chi connectivity index (χ1) is 11.2. The quantitative estimate of drug-likeness (QED) is 0.857. The lowest BCUT2D eigenvalue weighted by Gasteiger charge is -2.11. The molecule has 0 aliphatic heterocycles. The van der Waals surface area contributed by atoms with Crippen LogP contribution in [0, 0.1) is 0 Å². The summed E-state index contributed by atoms with van der Waals surface area (Å²) >= 11 is 0. The number of hydrogen-bond donors (Lipinski definition) is 2. The molecule has 0 bridgehead atoms. The Kier molecular flexibility index (Phi) is 6.17. The van der Waals surface area contributed by atoms with Crippen LogP contribution < -0.4 is 10.6 Å². The predicted molar refractivity (Wildman–Crippen MR) is 89.3 cm³/mol. The second-order valence-corrected chi connectivity index (χ2v) is 4.99. The summed E-state index contributed by atoms with van der Waals surface area (Å²) in [6.45, 7) is 2.74. The van der Waals surface area contributed by atoms with Crippen LogP contribution in [0.2, 0.25) is 0 Å². The molecule has 0 saturated heterocycles. The maximum Gasteiger partial charge on any atom is 0.411 e. The van der Waals surface area contributed by atoms with Gasteiger partial charge in [0, 0.05) is 6.54 Å². The van der Waals surface area contributed by atoms with E-state index < -0.39 is 6.09 Å². The van der Waals surface area contributed by atoms with Gasteiger partial charge in [-0.05, 0) is 24.1 Å². The molecule has 0 atom stereocenters. The van der Waals surface area contributed by atoms with E-state index in [0.29, 0.717) is 17.8 Å². The van der Waals surface area contributed by atoms with Crippen molar-refractivity contribution in [3.8, 4) is 0 Å². The second kappa shape index (κ2) is 8.58. The minimum atomic E-state index is -0.593. The average molecular weight is 312 g/mol. The maximum absolute atomic E-state index is 12.1. The molecule has 2 N–H and O–H groups in total. The van der Waals surface area contributed by atoms with Crippen LogP contribution in [0.25, 0.3) is 0 Å². The molecule has 0 aromatic heterocycles. The normalized spacial score (nSPS) is 9.96. The average Bonchev–Trinajstić information content (AvgIpc) is 2.59. The van der Waals surface area contributed by atoms with Gasteiger partial charge in [-0.25, -0.2) is 4.79 Å². The molecule has 5 nitrogen and oxygen atoms in total. The number of para-hydroxylation sites is 1. The van der Waals surface area contributed by atoms with E-state index in [-0.39, 0.29) is 12.5 Å². The van der Waals surface area contributed by atoms with Gasteiger partial charge in [0.15, 0.2) is 0 Å². The molecular formula is C18H20N2O3. The number of carbonyl (C=O) groups is 2. The summed E-state index contributed by atoms with van der Waals surface area (Å²) in [5.74, 6) is -0.217. The Bertz CT molecular complexity index is 656. The van der Waals surface area contributed by atoms with Crippen molar-refractivity contribution in [2.75, 3.05) is 11.9 Å². The summed E-state index contributed by atoms with van der Waals surface area (Å²) in [5.41, 5.74) is 1.74. The lowest BCUT2D eigenvalue weighted by atomic mass is 10.1. The minimum Gasteiger partial charge on any atom is -0.444 e. The van der Waals surface area contributed by atoms with Gasteiger partial charge in [-0.1, -0.05) is 49.4 Å². The summed E-state index contributed by atoms with van der Waals surface area (Å²) in [4.78, 5) is 24.0. The number of hydrogen-bond acceptors (Lipinski definition) is 3. The zero-order valence-electron chi connectivity index (χ0n) is 13.0. The molecule has 0 heterocycles. The molecule has 2 aromatic rings. The molecule has 0 fully saturated rings. The topological polar surface area (TPSA) is 67.4 Å². The smallest absolute Gasteiger partial charge is 0.411 e. The molecule has 23 heavy (non-hydrogen) atoms. The van der Waals surface area contributed by atoms with Crippen molar-refractivity contribution >= 4 is 17.7 Å². The summed E-state index contributed by atoms with van der Waals surface area (Å²) in [7, 11) is 0. The number of anilines is 1. The largest absolute Gasteiger partial charge is 0.444 e. The van der Waals surface area contributed by atoms with Crippen molar-refractivity contribution in [3.05, 3.63) is 65.7 Å². The van der Waals surface area contributed by atoms with E-state index in [9.17, 15) is 9.59 Å². The molecule has 2 aromatic carbocycles. The van der Waals surface area contributed by atoms with E-state index in [1.54, 1.807) is 24.3 Å². The van der Waals surface area contributed by atoms with Gasteiger partial charge in [0.1, 0.15) is 6.61 Å². The van der Waals surface area contributed by atoms with Gasteiger partial charge in [-0.15, -0.1) is 0 Å². The molecular weight excluding hydrogens is 292 g/mol. The third kappa shape index (κ3) is 5.14. The zero-order valence-corrected chi connectivity index (χ0v) is 13.0. The van der Waals surface area contributed by atoms with Gasteiger partial charge in [0.2, 0.25) is 0 Å². The molecule has 5 heteroatoms. The molecule has 0 aliphatic rings. The van der Waals surface area contributed by atoms with Crippen LogP contribution in [0.5, 0.6) is 0 Å². The van der Waals surface area contributed by atoms with Crippen LogP contribution in [0.4, 0.5) is 10.5 Å². The van der Waals surface area contributed by atoms with Crippen molar-refractivity contribution in [1.29, 1.82) is 0 Å². The lowest BCUT2D eigenvalue weighted by Crippen LogP contribution is -2.25. The first-order valence-electron chi connectivity index (χ1n) is 7.55. The highest BCUT2D eigenvalue weighted by atomic mass is 16.5. The van der Waals surface area contributed by atoms with E-state index in [0.717, 1.165) is 12.0 Å². The maximum atomic E-state index is 12.1. The van der Waals surface area contributed by atoms with Crippen LogP contribution in [0.3, 0.4) is 0 Å². The highest BCUT2D eigenvalue weighted by Gasteiger charge is 2.13.